The molecule has 0 spiro atoms. The number of esters is 1. The Labute approximate surface area is 66.7 Å². The van der Waals surface area contributed by atoms with Crippen LogP contribution in [0.1, 0.15) is 19.8 Å². The number of hydrogen-bond acceptors (Lipinski definition) is 3. The summed E-state index contributed by atoms with van der Waals surface area (Å²) in [4.78, 5) is 10.7. The minimum atomic E-state index is -0.185. The fraction of sp³-hybridized carbons (Fsp3) is 0.625. The van der Waals surface area contributed by atoms with Crippen molar-refractivity contribution < 1.29 is 14.6 Å². The second-order valence-corrected chi connectivity index (χ2v) is 2.00. The Morgan fingerprint density at radius 2 is 2.27 bits per heavy atom. The van der Waals surface area contributed by atoms with Gasteiger partial charge in [-0.05, 0) is 13.3 Å². The SMILES string of the molecule is CCOC(=O)CCC=CCO. The Morgan fingerprint density at radius 3 is 2.82 bits per heavy atom. The molecule has 0 radical (unpaired) electrons. The van der Waals surface area contributed by atoms with Crippen LogP contribution in [0.3, 0.4) is 0 Å². The van der Waals surface area contributed by atoms with Crippen LogP contribution < -0.4 is 0 Å². The maximum atomic E-state index is 10.7. The Hall–Kier alpha value is -0.830. The maximum absolute atomic E-state index is 10.7. The van der Waals surface area contributed by atoms with Gasteiger partial charge in [-0.1, -0.05) is 12.2 Å². The molecule has 0 heterocycles. The highest BCUT2D eigenvalue weighted by Crippen LogP contribution is 1.93. The highest BCUT2D eigenvalue weighted by Gasteiger charge is 1.97. The highest BCUT2D eigenvalue weighted by molar-refractivity contribution is 5.69. The van der Waals surface area contributed by atoms with E-state index >= 15 is 0 Å². The van der Waals surface area contributed by atoms with Crippen LogP contribution in [0.25, 0.3) is 0 Å². The lowest BCUT2D eigenvalue weighted by Crippen LogP contribution is -2.02. The van der Waals surface area contributed by atoms with E-state index in [1.807, 2.05) is 0 Å². The molecule has 3 nitrogen and oxygen atoms in total. The molecule has 0 aromatic rings. The van der Waals surface area contributed by atoms with Gasteiger partial charge in [0.05, 0.1) is 13.2 Å². The van der Waals surface area contributed by atoms with Crippen molar-refractivity contribution in [1.82, 2.24) is 0 Å². The third kappa shape index (κ3) is 7.06. The van der Waals surface area contributed by atoms with Crippen molar-refractivity contribution in [2.75, 3.05) is 13.2 Å². The van der Waals surface area contributed by atoms with Gasteiger partial charge < -0.3 is 9.84 Å². The van der Waals surface area contributed by atoms with Crippen LogP contribution in [-0.2, 0) is 9.53 Å². The third-order valence-electron chi connectivity index (χ3n) is 1.09. The van der Waals surface area contributed by atoms with Gasteiger partial charge in [-0.15, -0.1) is 0 Å². The third-order valence-corrected chi connectivity index (χ3v) is 1.09. The number of carbonyl (C=O) groups excluding carboxylic acids is 1. The Morgan fingerprint density at radius 1 is 1.55 bits per heavy atom. The lowest BCUT2D eigenvalue weighted by Gasteiger charge is -1.97. The summed E-state index contributed by atoms with van der Waals surface area (Å²) in [7, 11) is 0. The van der Waals surface area contributed by atoms with E-state index in [1.165, 1.54) is 0 Å². The first kappa shape index (κ1) is 10.2. The van der Waals surface area contributed by atoms with E-state index in [0.29, 0.717) is 19.4 Å². The molecule has 0 bridgehead atoms. The van der Waals surface area contributed by atoms with Crippen molar-refractivity contribution in [3.8, 4) is 0 Å². The smallest absolute Gasteiger partial charge is 0.306 e. The lowest BCUT2D eigenvalue weighted by molar-refractivity contribution is -0.142. The Bertz CT molecular complexity index is 129. The van der Waals surface area contributed by atoms with E-state index in [-0.39, 0.29) is 12.6 Å². The van der Waals surface area contributed by atoms with Crippen molar-refractivity contribution >= 4 is 5.97 Å². The zero-order chi connectivity index (χ0) is 8.53. The molecule has 3 heteroatoms. The van der Waals surface area contributed by atoms with Crippen molar-refractivity contribution in [3.63, 3.8) is 0 Å². The van der Waals surface area contributed by atoms with Crippen molar-refractivity contribution in [3.05, 3.63) is 12.2 Å². The lowest BCUT2D eigenvalue weighted by atomic mass is 10.3. The molecule has 0 aromatic carbocycles. The van der Waals surface area contributed by atoms with Gasteiger partial charge in [0.2, 0.25) is 0 Å². The summed E-state index contributed by atoms with van der Waals surface area (Å²) in [6, 6.07) is 0. The van der Waals surface area contributed by atoms with Gasteiger partial charge >= 0.3 is 5.97 Å². The molecule has 0 unspecified atom stereocenters. The fourth-order valence-corrected chi connectivity index (χ4v) is 0.627. The number of rotatable bonds is 5. The largest absolute Gasteiger partial charge is 0.466 e. The standard InChI is InChI=1S/C8H14O3/c1-2-11-8(10)6-4-3-5-7-9/h3,5,9H,2,4,6-7H2,1H3. The first-order valence-corrected chi connectivity index (χ1v) is 3.72. The van der Waals surface area contributed by atoms with Gasteiger partial charge in [-0.2, -0.15) is 0 Å². The van der Waals surface area contributed by atoms with E-state index in [2.05, 4.69) is 4.74 Å². The van der Waals surface area contributed by atoms with Gasteiger partial charge in [0.25, 0.3) is 0 Å². The van der Waals surface area contributed by atoms with Crippen LogP contribution in [0.2, 0.25) is 0 Å². The Kier molecular flexibility index (Phi) is 6.73. The molecule has 0 aliphatic rings. The van der Waals surface area contributed by atoms with E-state index in [0.717, 1.165) is 0 Å². The van der Waals surface area contributed by atoms with Crippen LogP contribution >= 0.6 is 0 Å². The first-order chi connectivity index (χ1) is 5.31. The second kappa shape index (κ2) is 7.28. The van der Waals surface area contributed by atoms with Crippen LogP contribution in [0.4, 0.5) is 0 Å². The van der Waals surface area contributed by atoms with Gasteiger partial charge in [-0.3, -0.25) is 4.79 Å². The molecule has 0 atom stereocenters. The summed E-state index contributed by atoms with van der Waals surface area (Å²) in [5.74, 6) is -0.185. The molecular weight excluding hydrogens is 144 g/mol. The summed E-state index contributed by atoms with van der Waals surface area (Å²) in [5, 5.41) is 8.33. The van der Waals surface area contributed by atoms with Crippen LogP contribution in [-0.4, -0.2) is 24.3 Å². The topological polar surface area (TPSA) is 46.5 Å². The molecule has 0 aliphatic carbocycles. The molecular formula is C8H14O3. The first-order valence-electron chi connectivity index (χ1n) is 3.72. The number of aliphatic hydroxyl groups excluding tert-OH is 1. The van der Waals surface area contributed by atoms with Crippen LogP contribution in [0.15, 0.2) is 12.2 Å². The summed E-state index contributed by atoms with van der Waals surface area (Å²) >= 11 is 0. The van der Waals surface area contributed by atoms with Gasteiger partial charge in [-0.25, -0.2) is 0 Å². The van der Waals surface area contributed by atoms with Gasteiger partial charge in [0.15, 0.2) is 0 Å². The second-order valence-electron chi connectivity index (χ2n) is 2.00. The average molecular weight is 158 g/mol. The minimum Gasteiger partial charge on any atom is -0.466 e. The van der Waals surface area contributed by atoms with Gasteiger partial charge in [0, 0.05) is 6.42 Å². The molecule has 0 aromatic heterocycles. The van der Waals surface area contributed by atoms with E-state index in [1.54, 1.807) is 19.1 Å². The van der Waals surface area contributed by atoms with Crippen molar-refractivity contribution in [2.24, 2.45) is 0 Å². The van der Waals surface area contributed by atoms with E-state index in [4.69, 9.17) is 5.11 Å². The Balaban J connectivity index is 3.24. The van der Waals surface area contributed by atoms with E-state index in [9.17, 15) is 4.79 Å². The van der Waals surface area contributed by atoms with Crippen molar-refractivity contribution in [1.29, 1.82) is 0 Å². The van der Waals surface area contributed by atoms with Crippen LogP contribution in [0, 0.1) is 0 Å². The molecule has 0 saturated carbocycles. The predicted molar refractivity (Wildman–Crippen MR) is 42.1 cm³/mol. The zero-order valence-electron chi connectivity index (χ0n) is 6.75. The van der Waals surface area contributed by atoms with Crippen LogP contribution in [0.5, 0.6) is 0 Å². The number of hydrogen-bond donors (Lipinski definition) is 1. The highest BCUT2D eigenvalue weighted by atomic mass is 16.5. The molecule has 0 aliphatic heterocycles. The molecule has 11 heavy (non-hydrogen) atoms. The number of ether oxygens (including phenoxy) is 1. The summed E-state index contributed by atoms with van der Waals surface area (Å²) in [5.41, 5.74) is 0. The summed E-state index contributed by atoms with van der Waals surface area (Å²) in [6.07, 6.45) is 4.40. The number of allylic oxidation sites excluding steroid dienone is 1. The maximum Gasteiger partial charge on any atom is 0.306 e. The molecule has 0 amide bonds. The number of carbonyl (C=O) groups is 1. The monoisotopic (exact) mass is 158 g/mol. The van der Waals surface area contributed by atoms with Gasteiger partial charge in [0.1, 0.15) is 0 Å². The number of aliphatic hydroxyl groups is 1. The quantitative estimate of drug-likeness (QED) is 0.477. The predicted octanol–water partition coefficient (Wildman–Crippen LogP) is 0.878. The summed E-state index contributed by atoms with van der Waals surface area (Å²) < 4.78 is 4.69. The average Bonchev–Trinajstić information content (AvgIpc) is 1.99. The molecule has 64 valence electrons. The normalized spacial score (nSPS) is 10.4. The fourth-order valence-electron chi connectivity index (χ4n) is 0.627. The molecule has 1 N–H and O–H groups in total. The molecule has 0 saturated heterocycles. The minimum absolute atomic E-state index is 0.0306. The summed E-state index contributed by atoms with van der Waals surface area (Å²) in [6.45, 7) is 2.24. The van der Waals surface area contributed by atoms with Crippen molar-refractivity contribution in [2.45, 2.75) is 19.8 Å². The molecule has 0 rings (SSSR count). The molecule has 0 fully saturated rings. The zero-order valence-corrected chi connectivity index (χ0v) is 6.75. The van der Waals surface area contributed by atoms with E-state index < -0.39 is 0 Å².